The van der Waals surface area contributed by atoms with Crippen LogP contribution < -0.4 is 0 Å². The summed E-state index contributed by atoms with van der Waals surface area (Å²) < 4.78 is 39.6. The molecular formula is C18H23F3N4O3S. The molecule has 0 aromatic carbocycles. The third-order valence-corrected chi connectivity index (χ3v) is 5.49. The van der Waals surface area contributed by atoms with Crippen LogP contribution in [0.4, 0.5) is 13.2 Å². The zero-order chi connectivity index (χ0) is 20.9. The highest BCUT2D eigenvalue weighted by atomic mass is 32.1. The van der Waals surface area contributed by atoms with Crippen molar-refractivity contribution < 1.29 is 27.8 Å². The summed E-state index contributed by atoms with van der Waals surface area (Å²) in [5.41, 5.74) is 2.27. The Bertz CT molecular complexity index is 791. The number of ether oxygens (including phenoxy) is 1. The van der Waals surface area contributed by atoms with Crippen LogP contribution in [0.5, 0.6) is 0 Å². The van der Waals surface area contributed by atoms with Crippen molar-refractivity contribution >= 4 is 17.3 Å². The molecule has 1 fully saturated rings. The summed E-state index contributed by atoms with van der Waals surface area (Å²) in [5.74, 6) is -1.96. The van der Waals surface area contributed by atoms with Crippen LogP contribution in [0.15, 0.2) is 17.5 Å². The third kappa shape index (κ3) is 6.79. The molecule has 1 saturated carbocycles. The summed E-state index contributed by atoms with van der Waals surface area (Å²) in [7, 11) is 0. The van der Waals surface area contributed by atoms with E-state index in [9.17, 15) is 13.2 Å². The smallest absolute Gasteiger partial charge is 0.475 e. The van der Waals surface area contributed by atoms with E-state index in [2.05, 4.69) is 37.4 Å². The molecule has 7 nitrogen and oxygen atoms in total. The molecule has 1 aliphatic heterocycles. The molecule has 3 heterocycles. The van der Waals surface area contributed by atoms with Gasteiger partial charge in [-0.3, -0.25) is 4.90 Å². The molecule has 11 heteroatoms. The van der Waals surface area contributed by atoms with Gasteiger partial charge in [0.2, 0.25) is 0 Å². The Morgan fingerprint density at radius 2 is 2.10 bits per heavy atom. The number of alkyl halides is 3. The maximum atomic E-state index is 10.6. The Hall–Kier alpha value is -1.98. The molecule has 0 bridgehead atoms. The van der Waals surface area contributed by atoms with Crippen molar-refractivity contribution in [2.75, 3.05) is 13.2 Å². The standard InChI is InChI=1S/C16H22N4OS.C2HF3O2/c1-3-14(22-8-1)9-19-6-2-7-20-16(10-19)15(17-18-20)12-21-11-13-4-5-13;3-2(4,5)1(6)7/h1,3,8,13H,2,4-7,9-12H2;(H,6,7). The summed E-state index contributed by atoms with van der Waals surface area (Å²) in [5, 5.41) is 18.0. The van der Waals surface area contributed by atoms with Gasteiger partial charge in [-0.2, -0.15) is 13.2 Å². The lowest BCUT2D eigenvalue weighted by Crippen LogP contribution is -2.23. The van der Waals surface area contributed by atoms with Crippen LogP contribution in [0.3, 0.4) is 0 Å². The Morgan fingerprint density at radius 3 is 2.72 bits per heavy atom. The van der Waals surface area contributed by atoms with Crippen molar-refractivity contribution in [3.05, 3.63) is 33.8 Å². The maximum absolute atomic E-state index is 10.6. The molecule has 0 radical (unpaired) electrons. The molecule has 0 unspecified atom stereocenters. The predicted molar refractivity (Wildman–Crippen MR) is 99.1 cm³/mol. The summed E-state index contributed by atoms with van der Waals surface area (Å²) >= 11 is 1.83. The lowest BCUT2D eigenvalue weighted by molar-refractivity contribution is -0.192. The third-order valence-electron chi connectivity index (χ3n) is 4.63. The Labute approximate surface area is 170 Å². The van der Waals surface area contributed by atoms with Crippen LogP contribution in [0.2, 0.25) is 0 Å². The summed E-state index contributed by atoms with van der Waals surface area (Å²) in [6, 6.07) is 4.34. The van der Waals surface area contributed by atoms with Crippen molar-refractivity contribution in [3.8, 4) is 0 Å². The average Bonchev–Trinajstić information content (AvgIpc) is 3.27. The maximum Gasteiger partial charge on any atom is 0.490 e. The number of thiophene rings is 1. The topological polar surface area (TPSA) is 80.5 Å². The predicted octanol–water partition coefficient (Wildman–Crippen LogP) is 3.31. The highest BCUT2D eigenvalue weighted by Crippen LogP contribution is 2.29. The van der Waals surface area contributed by atoms with Gasteiger partial charge >= 0.3 is 12.1 Å². The van der Waals surface area contributed by atoms with Crippen molar-refractivity contribution in [2.24, 2.45) is 5.92 Å². The number of carboxylic acids is 1. The van der Waals surface area contributed by atoms with Crippen molar-refractivity contribution in [3.63, 3.8) is 0 Å². The second-order valence-electron chi connectivity index (χ2n) is 7.11. The van der Waals surface area contributed by atoms with Gasteiger partial charge in [0.05, 0.1) is 12.3 Å². The molecule has 1 N–H and O–H groups in total. The lowest BCUT2D eigenvalue weighted by Gasteiger charge is -2.18. The van der Waals surface area contributed by atoms with Crippen LogP contribution in [0, 0.1) is 5.92 Å². The number of rotatable bonds is 6. The summed E-state index contributed by atoms with van der Waals surface area (Å²) in [6.07, 6.45) is -1.30. The number of nitrogens with zero attached hydrogens (tertiary/aromatic N) is 4. The molecule has 0 saturated heterocycles. The van der Waals surface area contributed by atoms with E-state index in [1.54, 1.807) is 0 Å². The van der Waals surface area contributed by atoms with Crippen LogP contribution in [-0.2, 0) is 35.8 Å². The number of halogens is 3. The normalized spacial score (nSPS) is 17.2. The van der Waals surface area contributed by atoms with E-state index < -0.39 is 12.1 Å². The molecule has 0 atom stereocenters. The van der Waals surface area contributed by atoms with E-state index in [-0.39, 0.29) is 0 Å². The van der Waals surface area contributed by atoms with Crippen LogP contribution in [0.25, 0.3) is 0 Å². The fraction of sp³-hybridized carbons (Fsp3) is 0.611. The van der Waals surface area contributed by atoms with Crippen molar-refractivity contribution in [1.29, 1.82) is 0 Å². The van der Waals surface area contributed by atoms with Gasteiger partial charge in [0, 0.05) is 37.7 Å². The quantitative estimate of drug-likeness (QED) is 0.755. The van der Waals surface area contributed by atoms with Gasteiger partial charge in [-0.1, -0.05) is 11.3 Å². The largest absolute Gasteiger partial charge is 0.490 e. The van der Waals surface area contributed by atoms with Crippen LogP contribution in [-0.4, -0.2) is 50.3 Å². The summed E-state index contributed by atoms with van der Waals surface area (Å²) in [6.45, 7) is 5.51. The van der Waals surface area contributed by atoms with Gasteiger partial charge < -0.3 is 9.84 Å². The zero-order valence-corrected chi connectivity index (χ0v) is 16.6. The number of hydrogen-bond donors (Lipinski definition) is 1. The second-order valence-corrected chi connectivity index (χ2v) is 8.14. The number of fused-ring (bicyclic) bond motifs is 1. The van der Waals surface area contributed by atoms with Gasteiger partial charge in [-0.15, -0.1) is 16.4 Å². The average molecular weight is 432 g/mol. The van der Waals surface area contributed by atoms with Crippen LogP contribution in [0.1, 0.15) is 35.5 Å². The van der Waals surface area contributed by atoms with E-state index >= 15 is 0 Å². The number of hydrogen-bond acceptors (Lipinski definition) is 6. The lowest BCUT2D eigenvalue weighted by atomic mass is 10.3. The number of aliphatic carboxylic acids is 1. The van der Waals surface area contributed by atoms with E-state index in [0.717, 1.165) is 50.8 Å². The molecule has 0 spiro atoms. The number of aromatic nitrogens is 3. The first-order chi connectivity index (χ1) is 13.8. The van der Waals surface area contributed by atoms with E-state index in [1.165, 1.54) is 23.4 Å². The molecule has 29 heavy (non-hydrogen) atoms. The number of aryl methyl sites for hydroxylation is 1. The summed E-state index contributed by atoms with van der Waals surface area (Å²) in [4.78, 5) is 12.8. The minimum absolute atomic E-state index is 0.610. The number of carbonyl (C=O) groups is 1. The first-order valence-electron chi connectivity index (χ1n) is 9.36. The van der Waals surface area contributed by atoms with E-state index in [0.29, 0.717) is 6.61 Å². The molecule has 4 rings (SSSR count). The SMILES string of the molecule is O=C(O)C(F)(F)F.c1csc(CN2CCCn3nnc(COCC4CC4)c3C2)c1. The van der Waals surface area contributed by atoms with Gasteiger partial charge in [-0.25, -0.2) is 9.48 Å². The molecule has 1 aliphatic carbocycles. The van der Waals surface area contributed by atoms with E-state index in [4.69, 9.17) is 14.6 Å². The minimum Gasteiger partial charge on any atom is -0.475 e. The molecule has 2 aromatic rings. The minimum atomic E-state index is -5.08. The zero-order valence-electron chi connectivity index (χ0n) is 15.8. The van der Waals surface area contributed by atoms with Gasteiger partial charge in [-0.05, 0) is 36.6 Å². The van der Waals surface area contributed by atoms with E-state index in [1.807, 2.05) is 11.3 Å². The number of carboxylic acid groups (broad SMARTS) is 1. The first-order valence-corrected chi connectivity index (χ1v) is 10.2. The van der Waals surface area contributed by atoms with Crippen LogP contribution >= 0.6 is 11.3 Å². The van der Waals surface area contributed by atoms with Gasteiger partial charge in [0.15, 0.2) is 0 Å². The second kappa shape index (κ2) is 9.68. The molecule has 2 aromatic heterocycles. The molecule has 0 amide bonds. The molecule has 2 aliphatic rings. The fourth-order valence-electron chi connectivity index (χ4n) is 2.93. The van der Waals surface area contributed by atoms with Crippen molar-refractivity contribution in [1.82, 2.24) is 19.9 Å². The fourth-order valence-corrected chi connectivity index (χ4v) is 3.68. The monoisotopic (exact) mass is 432 g/mol. The van der Waals surface area contributed by atoms with Gasteiger partial charge in [0.25, 0.3) is 0 Å². The highest BCUT2D eigenvalue weighted by Gasteiger charge is 2.38. The Kier molecular flexibility index (Phi) is 7.25. The Balaban J connectivity index is 0.000000298. The van der Waals surface area contributed by atoms with Gasteiger partial charge in [0.1, 0.15) is 5.69 Å². The van der Waals surface area contributed by atoms with Crippen molar-refractivity contribution in [2.45, 2.75) is 51.7 Å². The highest BCUT2D eigenvalue weighted by molar-refractivity contribution is 7.09. The first kappa shape index (κ1) is 21.7. The Morgan fingerprint density at radius 1 is 1.34 bits per heavy atom. The molecular weight excluding hydrogens is 409 g/mol. The molecule has 160 valence electrons.